The van der Waals surface area contributed by atoms with Gasteiger partial charge in [-0.1, -0.05) is 11.8 Å². The maximum atomic E-state index is 12.9. The number of nitrogens with zero attached hydrogens (tertiary/aromatic N) is 1. The number of carbonyl (C=O) groups excluding carboxylic acids is 2. The van der Waals surface area contributed by atoms with Crippen molar-refractivity contribution in [2.45, 2.75) is 57.3 Å². The van der Waals surface area contributed by atoms with Crippen molar-refractivity contribution < 1.29 is 35.9 Å². The summed E-state index contributed by atoms with van der Waals surface area (Å²) in [5, 5.41) is 2.61. The summed E-state index contributed by atoms with van der Waals surface area (Å²) in [6.07, 6.45) is -4.08. The number of sulfonamides is 1. The van der Waals surface area contributed by atoms with Crippen molar-refractivity contribution in [2.75, 3.05) is 12.4 Å². The number of carbonyl (C=O) groups is 2. The molecule has 2 N–H and O–H groups in total. The van der Waals surface area contributed by atoms with Gasteiger partial charge in [0.05, 0.1) is 27.0 Å². The van der Waals surface area contributed by atoms with Gasteiger partial charge in [-0.2, -0.15) is 17.9 Å². The Morgan fingerprint density at radius 2 is 1.89 bits per heavy atom. The Kier molecular flexibility index (Phi) is 9.06. The Balaban J connectivity index is 1.78. The Labute approximate surface area is 216 Å². The van der Waals surface area contributed by atoms with E-state index < -0.39 is 34.0 Å². The number of amides is 2. The molecule has 2 aliphatic rings. The Hall–Kier alpha value is -2.16. The molecule has 3 rings (SSSR count). The van der Waals surface area contributed by atoms with Crippen LogP contribution in [0.3, 0.4) is 0 Å². The minimum Gasteiger partial charge on any atom is -0.466 e. The summed E-state index contributed by atoms with van der Waals surface area (Å²) < 4.78 is 72.5. The smallest absolute Gasteiger partial charge is 0.416 e. The third-order valence-electron chi connectivity index (χ3n) is 5.36. The van der Waals surface area contributed by atoms with Gasteiger partial charge in [0.25, 0.3) is 0 Å². The van der Waals surface area contributed by atoms with Gasteiger partial charge in [-0.15, -0.1) is 11.8 Å². The van der Waals surface area contributed by atoms with Crippen molar-refractivity contribution in [3.63, 3.8) is 0 Å². The molecule has 1 atom stereocenters. The van der Waals surface area contributed by atoms with Crippen molar-refractivity contribution in [1.82, 2.24) is 14.9 Å². The van der Waals surface area contributed by atoms with Crippen molar-refractivity contribution in [3.8, 4) is 0 Å². The van der Waals surface area contributed by atoms with E-state index in [-0.39, 0.29) is 10.9 Å². The number of urea groups is 1. The van der Waals surface area contributed by atoms with Crippen LogP contribution in [0.25, 0.3) is 0 Å². The lowest BCUT2D eigenvalue weighted by Gasteiger charge is -2.28. The fourth-order valence-electron chi connectivity index (χ4n) is 3.46. The van der Waals surface area contributed by atoms with Gasteiger partial charge in [-0.3, -0.25) is 9.69 Å². The van der Waals surface area contributed by atoms with E-state index in [2.05, 4.69) is 10.0 Å². The summed E-state index contributed by atoms with van der Waals surface area (Å²) in [6, 6.07) is 2.62. The molecule has 2 amide bonds. The highest BCUT2D eigenvalue weighted by Gasteiger charge is 2.43. The minimum absolute atomic E-state index is 0.263. The predicted molar refractivity (Wildman–Crippen MR) is 132 cm³/mol. The molecular weight excluding hydrogens is 539 g/mol. The second-order valence-electron chi connectivity index (χ2n) is 7.89. The van der Waals surface area contributed by atoms with Crippen LogP contribution in [0.4, 0.5) is 18.0 Å². The highest BCUT2D eigenvalue weighted by molar-refractivity contribution is 8.24. The average molecular weight is 566 g/mol. The van der Waals surface area contributed by atoms with Crippen LogP contribution in [0.1, 0.15) is 45.6 Å². The molecule has 0 aromatic heterocycles. The number of unbranched alkanes of at least 4 members (excludes halogenated alkanes) is 1. The van der Waals surface area contributed by atoms with Crippen molar-refractivity contribution >= 4 is 45.5 Å². The average Bonchev–Trinajstić information content (AvgIpc) is 3.11. The van der Waals surface area contributed by atoms with Crippen LogP contribution in [0, 0.1) is 0 Å². The number of allylic oxidation sites excluding steroid dienone is 2. The van der Waals surface area contributed by atoms with Crippen LogP contribution in [-0.4, -0.2) is 43.8 Å². The molecule has 36 heavy (non-hydrogen) atoms. The van der Waals surface area contributed by atoms with Gasteiger partial charge in [-0.05, 0) is 63.6 Å². The number of nitrogens with one attached hydrogen (secondary N) is 2. The number of rotatable bonds is 10. The highest BCUT2D eigenvalue weighted by atomic mass is 32.2. The second-order valence-corrected chi connectivity index (χ2v) is 12.2. The summed E-state index contributed by atoms with van der Waals surface area (Å²) in [5.41, 5.74) is 0.0976. The number of thioether (sulfide) groups is 2. The maximum absolute atomic E-state index is 12.9. The maximum Gasteiger partial charge on any atom is 0.416 e. The van der Waals surface area contributed by atoms with Crippen LogP contribution in [-0.2, 0) is 25.7 Å². The molecule has 0 spiro atoms. The van der Waals surface area contributed by atoms with Crippen LogP contribution >= 0.6 is 23.5 Å². The third kappa shape index (κ3) is 6.58. The fourth-order valence-corrected chi connectivity index (χ4v) is 7.16. The standard InChI is InChI=1S/C22H26F3N3O5S3/c1-4-33-17(29)7-5-6-12-34-20-18-19(26-21(30)28(18)13(2)14(3)35-20)27-36(31,32)16-10-8-15(9-11-16)22(23,24)25/h8-11,19,27H,4-7,12H2,1-3H3,(H,26,30). The van der Waals surface area contributed by atoms with Crippen molar-refractivity contribution in [2.24, 2.45) is 0 Å². The fraction of sp³-hybridized carbons (Fsp3) is 0.455. The normalized spacial score (nSPS) is 18.4. The van der Waals surface area contributed by atoms with Crippen molar-refractivity contribution in [1.29, 1.82) is 0 Å². The first-order chi connectivity index (χ1) is 16.8. The van der Waals surface area contributed by atoms with Crippen LogP contribution in [0.15, 0.2) is 49.7 Å². The molecule has 0 radical (unpaired) electrons. The Bertz CT molecular complexity index is 1180. The lowest BCUT2D eigenvalue weighted by Crippen LogP contribution is -2.43. The number of alkyl halides is 3. The summed E-state index contributed by atoms with van der Waals surface area (Å²) in [7, 11) is -4.26. The molecular formula is C22H26F3N3O5S3. The van der Waals surface area contributed by atoms with Crippen molar-refractivity contribution in [3.05, 3.63) is 50.4 Å². The summed E-state index contributed by atoms with van der Waals surface area (Å²) in [5.74, 6) is 0.360. The molecule has 198 valence electrons. The van der Waals surface area contributed by atoms with E-state index in [4.69, 9.17) is 4.74 Å². The number of ether oxygens (including phenoxy) is 1. The lowest BCUT2D eigenvalue weighted by molar-refractivity contribution is -0.143. The lowest BCUT2D eigenvalue weighted by atomic mass is 10.2. The number of benzene rings is 1. The SMILES string of the molecule is CCOC(=O)CCCCSC1=C2C(NS(=O)(=O)c3ccc(C(F)(F)F)cc3)NC(=O)N2C(C)=C(C)S1. The van der Waals surface area contributed by atoms with Crippen LogP contribution in [0.5, 0.6) is 0 Å². The van der Waals surface area contributed by atoms with E-state index in [0.29, 0.717) is 59.4 Å². The number of fused-ring (bicyclic) bond motifs is 1. The number of hydrogen-bond donors (Lipinski definition) is 2. The van der Waals surface area contributed by atoms with E-state index in [9.17, 15) is 31.2 Å². The van der Waals surface area contributed by atoms with Gasteiger partial charge in [0.15, 0.2) is 0 Å². The third-order valence-corrected chi connectivity index (χ3v) is 9.37. The minimum atomic E-state index is -4.59. The van der Waals surface area contributed by atoms with Crippen LogP contribution < -0.4 is 10.0 Å². The zero-order valence-electron chi connectivity index (χ0n) is 19.8. The summed E-state index contributed by atoms with van der Waals surface area (Å²) in [4.78, 5) is 26.2. The monoisotopic (exact) mass is 565 g/mol. The van der Waals surface area contributed by atoms with Gasteiger partial charge in [0.2, 0.25) is 10.0 Å². The largest absolute Gasteiger partial charge is 0.466 e. The first-order valence-corrected chi connectivity index (χ1v) is 14.3. The van der Waals surface area contributed by atoms with Gasteiger partial charge in [0.1, 0.15) is 6.17 Å². The zero-order chi connectivity index (χ0) is 26.7. The van der Waals surface area contributed by atoms with Crippen LogP contribution in [0.2, 0.25) is 0 Å². The van der Waals surface area contributed by atoms with E-state index in [0.717, 1.165) is 17.0 Å². The van der Waals surface area contributed by atoms with Gasteiger partial charge in [-0.25, -0.2) is 13.2 Å². The molecule has 1 aromatic rings. The Morgan fingerprint density at radius 3 is 2.50 bits per heavy atom. The summed E-state index contributed by atoms with van der Waals surface area (Å²) >= 11 is 2.85. The molecule has 8 nitrogen and oxygen atoms in total. The number of esters is 1. The molecule has 1 unspecified atom stereocenters. The predicted octanol–water partition coefficient (Wildman–Crippen LogP) is 4.97. The van der Waals surface area contributed by atoms with Gasteiger partial charge < -0.3 is 10.1 Å². The molecule has 1 fully saturated rings. The van der Waals surface area contributed by atoms with E-state index in [1.165, 1.54) is 28.4 Å². The van der Waals surface area contributed by atoms with Gasteiger partial charge in [0, 0.05) is 17.0 Å². The van der Waals surface area contributed by atoms with E-state index in [1.54, 1.807) is 13.8 Å². The Morgan fingerprint density at radius 1 is 1.22 bits per heavy atom. The molecule has 0 bridgehead atoms. The molecule has 0 aliphatic carbocycles. The van der Waals surface area contributed by atoms with Gasteiger partial charge >= 0.3 is 18.2 Å². The zero-order valence-corrected chi connectivity index (χ0v) is 22.2. The second kappa shape index (κ2) is 11.5. The quantitative estimate of drug-likeness (QED) is 0.305. The molecule has 0 saturated carbocycles. The molecule has 2 aliphatic heterocycles. The number of halogens is 3. The first-order valence-electron chi connectivity index (χ1n) is 11.0. The molecule has 2 heterocycles. The molecule has 1 aromatic carbocycles. The molecule has 1 saturated heterocycles. The first kappa shape index (κ1) is 28.4. The molecule has 14 heteroatoms. The van der Waals surface area contributed by atoms with E-state index >= 15 is 0 Å². The highest BCUT2D eigenvalue weighted by Crippen LogP contribution is 2.47. The number of hydrogen-bond acceptors (Lipinski definition) is 7. The summed E-state index contributed by atoms with van der Waals surface area (Å²) in [6.45, 7) is 5.66. The topological polar surface area (TPSA) is 105 Å². The van der Waals surface area contributed by atoms with E-state index in [1.807, 2.05) is 6.92 Å².